The average molecular weight is 337 g/mol. The molecule has 8 heteroatoms. The van der Waals surface area contributed by atoms with Crippen molar-refractivity contribution < 1.29 is 17.9 Å². The van der Waals surface area contributed by atoms with Gasteiger partial charge in [-0.1, -0.05) is 13.8 Å². The number of hydrogen-bond acceptors (Lipinski definition) is 5. The second kappa shape index (κ2) is 6.83. The molecule has 0 bridgehead atoms. The molecule has 0 saturated carbocycles. The van der Waals surface area contributed by atoms with Gasteiger partial charge in [0.25, 0.3) is 0 Å². The highest BCUT2D eigenvalue weighted by atomic mass is 35.5. The number of ether oxygens (including phenoxy) is 2. The molecular weight excluding hydrogens is 316 g/mol. The summed E-state index contributed by atoms with van der Waals surface area (Å²) in [4.78, 5) is 0.149. The standard InChI is InChI=1S/C13H20N2O4S.ClH/c1-3-13(14,4-2)8-15-20(16,17)10-5-6-11-12(7-10)19-9-18-11;/h5-7,15H,3-4,8-9,14H2,1-2H3;1H. The van der Waals surface area contributed by atoms with Crippen molar-refractivity contribution in [3.05, 3.63) is 18.2 Å². The van der Waals surface area contributed by atoms with Crippen molar-refractivity contribution in [3.63, 3.8) is 0 Å². The van der Waals surface area contributed by atoms with E-state index in [2.05, 4.69) is 4.72 Å². The normalized spacial score (nSPS) is 13.9. The van der Waals surface area contributed by atoms with Crippen LogP contribution in [-0.2, 0) is 10.0 Å². The second-order valence-electron chi connectivity index (χ2n) is 4.91. The monoisotopic (exact) mass is 336 g/mol. The van der Waals surface area contributed by atoms with Crippen LogP contribution < -0.4 is 19.9 Å². The van der Waals surface area contributed by atoms with Gasteiger partial charge in [-0.3, -0.25) is 0 Å². The summed E-state index contributed by atoms with van der Waals surface area (Å²) in [6.45, 7) is 4.21. The first kappa shape index (κ1) is 18.0. The molecule has 1 heterocycles. The van der Waals surface area contributed by atoms with Crippen LogP contribution in [0.25, 0.3) is 0 Å². The van der Waals surface area contributed by atoms with E-state index in [1.165, 1.54) is 12.1 Å². The van der Waals surface area contributed by atoms with E-state index < -0.39 is 15.6 Å². The Labute approximate surface area is 131 Å². The highest BCUT2D eigenvalue weighted by Crippen LogP contribution is 2.33. The number of sulfonamides is 1. The largest absolute Gasteiger partial charge is 0.454 e. The molecule has 0 aliphatic carbocycles. The predicted molar refractivity (Wildman–Crippen MR) is 82.5 cm³/mol. The van der Waals surface area contributed by atoms with Gasteiger partial charge in [0.15, 0.2) is 11.5 Å². The van der Waals surface area contributed by atoms with Gasteiger partial charge in [-0.25, -0.2) is 13.1 Å². The molecule has 0 radical (unpaired) electrons. The fraction of sp³-hybridized carbons (Fsp3) is 0.538. The van der Waals surface area contributed by atoms with Gasteiger partial charge < -0.3 is 15.2 Å². The lowest BCUT2D eigenvalue weighted by atomic mass is 9.95. The van der Waals surface area contributed by atoms with Crippen LogP contribution >= 0.6 is 12.4 Å². The molecule has 3 N–H and O–H groups in total. The lowest BCUT2D eigenvalue weighted by Crippen LogP contribution is -2.49. The van der Waals surface area contributed by atoms with Crippen molar-refractivity contribution in [3.8, 4) is 11.5 Å². The molecular formula is C13H21ClN2O4S. The van der Waals surface area contributed by atoms with Gasteiger partial charge in [0.05, 0.1) is 4.90 Å². The molecule has 0 spiro atoms. The van der Waals surface area contributed by atoms with Crippen molar-refractivity contribution in [1.82, 2.24) is 4.72 Å². The molecule has 0 saturated heterocycles. The van der Waals surface area contributed by atoms with E-state index in [0.29, 0.717) is 24.3 Å². The highest BCUT2D eigenvalue weighted by Gasteiger charge is 2.25. The Morgan fingerprint density at radius 3 is 2.48 bits per heavy atom. The molecule has 21 heavy (non-hydrogen) atoms. The predicted octanol–water partition coefficient (Wildman–Crippen LogP) is 1.63. The van der Waals surface area contributed by atoms with Crippen molar-refractivity contribution in [2.45, 2.75) is 37.1 Å². The number of nitrogens with one attached hydrogen (secondary N) is 1. The van der Waals surface area contributed by atoms with E-state index in [4.69, 9.17) is 15.2 Å². The summed E-state index contributed by atoms with van der Waals surface area (Å²) >= 11 is 0. The van der Waals surface area contributed by atoms with E-state index >= 15 is 0 Å². The van der Waals surface area contributed by atoms with Gasteiger partial charge in [-0.05, 0) is 25.0 Å². The molecule has 6 nitrogen and oxygen atoms in total. The van der Waals surface area contributed by atoms with Gasteiger partial charge >= 0.3 is 0 Å². The number of halogens is 1. The van der Waals surface area contributed by atoms with Crippen LogP contribution in [0.15, 0.2) is 23.1 Å². The maximum absolute atomic E-state index is 12.2. The zero-order valence-electron chi connectivity index (χ0n) is 12.1. The highest BCUT2D eigenvalue weighted by molar-refractivity contribution is 7.89. The maximum Gasteiger partial charge on any atom is 0.240 e. The zero-order valence-corrected chi connectivity index (χ0v) is 13.7. The van der Waals surface area contributed by atoms with E-state index in [1.807, 2.05) is 13.8 Å². The van der Waals surface area contributed by atoms with Gasteiger partial charge in [0.2, 0.25) is 16.8 Å². The van der Waals surface area contributed by atoms with Crippen LogP contribution in [-0.4, -0.2) is 27.3 Å². The van der Waals surface area contributed by atoms with Gasteiger partial charge in [0.1, 0.15) is 0 Å². The first-order chi connectivity index (χ1) is 9.40. The molecule has 0 amide bonds. The Morgan fingerprint density at radius 2 is 1.86 bits per heavy atom. The zero-order chi connectivity index (χ0) is 14.8. The van der Waals surface area contributed by atoms with E-state index in [9.17, 15) is 8.42 Å². The minimum Gasteiger partial charge on any atom is -0.454 e. The third-order valence-electron chi connectivity index (χ3n) is 3.68. The Bertz CT molecular complexity index is 588. The number of nitrogens with two attached hydrogens (primary N) is 1. The SMILES string of the molecule is CCC(N)(CC)CNS(=O)(=O)c1ccc2c(c1)OCO2.Cl. The Kier molecular flexibility index (Phi) is 5.86. The minimum atomic E-state index is -3.60. The molecule has 1 aromatic carbocycles. The number of benzene rings is 1. The van der Waals surface area contributed by atoms with Crippen LogP contribution in [0.4, 0.5) is 0 Å². The van der Waals surface area contributed by atoms with E-state index in [0.717, 1.165) is 0 Å². The molecule has 0 fully saturated rings. The smallest absolute Gasteiger partial charge is 0.240 e. The van der Waals surface area contributed by atoms with Crippen LogP contribution in [0.1, 0.15) is 26.7 Å². The maximum atomic E-state index is 12.2. The summed E-state index contributed by atoms with van der Waals surface area (Å²) in [5.74, 6) is 0.997. The second-order valence-corrected chi connectivity index (χ2v) is 6.68. The fourth-order valence-corrected chi connectivity index (χ4v) is 3.02. The Balaban J connectivity index is 0.00000220. The summed E-state index contributed by atoms with van der Waals surface area (Å²) in [6, 6.07) is 4.54. The topological polar surface area (TPSA) is 90.7 Å². The number of fused-ring (bicyclic) bond motifs is 1. The molecule has 120 valence electrons. The molecule has 1 aliphatic heterocycles. The van der Waals surface area contributed by atoms with Crippen molar-refractivity contribution in [1.29, 1.82) is 0 Å². The Hall–Kier alpha value is -1.02. The lowest BCUT2D eigenvalue weighted by molar-refractivity contribution is 0.174. The fourth-order valence-electron chi connectivity index (χ4n) is 1.87. The van der Waals surface area contributed by atoms with Gasteiger partial charge in [-0.2, -0.15) is 0 Å². The first-order valence-corrected chi connectivity index (χ1v) is 8.07. The Morgan fingerprint density at radius 1 is 1.24 bits per heavy atom. The van der Waals surface area contributed by atoms with E-state index in [1.54, 1.807) is 6.07 Å². The van der Waals surface area contributed by atoms with Crippen LogP contribution in [0, 0.1) is 0 Å². The molecule has 2 rings (SSSR count). The van der Waals surface area contributed by atoms with Gasteiger partial charge in [0, 0.05) is 18.2 Å². The average Bonchev–Trinajstić information content (AvgIpc) is 2.92. The lowest BCUT2D eigenvalue weighted by Gasteiger charge is -2.26. The number of hydrogen-bond donors (Lipinski definition) is 2. The van der Waals surface area contributed by atoms with Crippen LogP contribution in [0.3, 0.4) is 0 Å². The third-order valence-corrected chi connectivity index (χ3v) is 5.08. The first-order valence-electron chi connectivity index (χ1n) is 6.58. The molecule has 1 aromatic rings. The molecule has 1 aliphatic rings. The quantitative estimate of drug-likeness (QED) is 0.824. The summed E-state index contributed by atoms with van der Waals surface area (Å²) in [5, 5.41) is 0. The molecule has 0 atom stereocenters. The molecule has 0 aromatic heterocycles. The van der Waals surface area contributed by atoms with Crippen molar-refractivity contribution in [2.24, 2.45) is 5.73 Å². The summed E-state index contributed by atoms with van der Waals surface area (Å²) in [6.07, 6.45) is 1.40. The van der Waals surface area contributed by atoms with Crippen LogP contribution in [0.2, 0.25) is 0 Å². The number of rotatable bonds is 6. The van der Waals surface area contributed by atoms with Gasteiger partial charge in [-0.15, -0.1) is 12.4 Å². The molecule has 0 unspecified atom stereocenters. The third kappa shape index (κ3) is 4.00. The summed E-state index contributed by atoms with van der Waals surface area (Å²) in [5.41, 5.74) is 5.58. The van der Waals surface area contributed by atoms with Crippen molar-refractivity contribution >= 4 is 22.4 Å². The minimum absolute atomic E-state index is 0. The van der Waals surface area contributed by atoms with Crippen LogP contribution in [0.5, 0.6) is 11.5 Å². The summed E-state index contributed by atoms with van der Waals surface area (Å²) in [7, 11) is -3.60. The van der Waals surface area contributed by atoms with E-state index in [-0.39, 0.29) is 30.6 Å². The summed E-state index contributed by atoms with van der Waals surface area (Å²) < 4.78 is 37.4. The van der Waals surface area contributed by atoms with Crippen molar-refractivity contribution in [2.75, 3.05) is 13.3 Å².